The van der Waals surface area contributed by atoms with Crippen molar-refractivity contribution < 1.29 is 4.74 Å². The lowest BCUT2D eigenvalue weighted by Crippen LogP contribution is -2.30. The number of ether oxygens (including phenoxy) is 1. The molecule has 1 aliphatic rings. The van der Waals surface area contributed by atoms with Crippen LogP contribution in [0, 0.1) is 5.92 Å². The normalized spacial score (nSPS) is 14.1. The van der Waals surface area contributed by atoms with Gasteiger partial charge in [0.2, 0.25) is 5.95 Å². The van der Waals surface area contributed by atoms with Gasteiger partial charge in [0.05, 0.1) is 18.2 Å². The van der Waals surface area contributed by atoms with Crippen molar-refractivity contribution in [2.75, 3.05) is 30.4 Å². The van der Waals surface area contributed by atoms with E-state index in [9.17, 15) is 0 Å². The zero-order valence-corrected chi connectivity index (χ0v) is 19.9. The Morgan fingerprint density at radius 3 is 2.66 bits per heavy atom. The van der Waals surface area contributed by atoms with Gasteiger partial charge in [-0.05, 0) is 30.0 Å². The molecule has 1 unspecified atom stereocenters. The molecule has 4 rings (SSSR count). The van der Waals surface area contributed by atoms with Crippen LogP contribution >= 0.6 is 0 Å². The Hall–Kier alpha value is -2.83. The summed E-state index contributed by atoms with van der Waals surface area (Å²) in [6.45, 7) is 7.15. The summed E-state index contributed by atoms with van der Waals surface area (Å²) in [7, 11) is 3.67. The number of benzene rings is 1. The molecule has 0 bridgehead atoms. The molecule has 1 N–H and O–H groups in total. The molecule has 0 radical (unpaired) electrons. The van der Waals surface area contributed by atoms with Gasteiger partial charge in [-0.25, -0.2) is 4.68 Å². The molecule has 1 atom stereocenters. The molecular formula is C25H36N6O. The molecule has 7 heteroatoms. The molecule has 0 amide bonds. The molecule has 0 saturated heterocycles. The van der Waals surface area contributed by atoms with E-state index in [0.29, 0.717) is 11.9 Å². The Morgan fingerprint density at radius 1 is 1.12 bits per heavy atom. The van der Waals surface area contributed by atoms with Crippen molar-refractivity contribution in [1.29, 1.82) is 0 Å². The monoisotopic (exact) mass is 436 g/mol. The van der Waals surface area contributed by atoms with Gasteiger partial charge in [-0.1, -0.05) is 51.7 Å². The highest BCUT2D eigenvalue weighted by molar-refractivity contribution is 5.92. The summed E-state index contributed by atoms with van der Waals surface area (Å²) in [5, 5.41) is 9.36. The second-order valence-electron chi connectivity index (χ2n) is 8.81. The van der Waals surface area contributed by atoms with Crippen molar-refractivity contribution in [3.63, 3.8) is 0 Å². The van der Waals surface area contributed by atoms with Gasteiger partial charge in [-0.2, -0.15) is 15.1 Å². The number of aryl methyl sites for hydroxylation is 1. The van der Waals surface area contributed by atoms with E-state index in [4.69, 9.17) is 19.8 Å². The summed E-state index contributed by atoms with van der Waals surface area (Å²) < 4.78 is 7.20. The summed E-state index contributed by atoms with van der Waals surface area (Å²) in [6.07, 6.45) is 7.20. The van der Waals surface area contributed by atoms with Gasteiger partial charge in [0.15, 0.2) is 5.65 Å². The third-order valence-corrected chi connectivity index (χ3v) is 6.53. The topological polar surface area (TPSA) is 68.1 Å². The first-order chi connectivity index (χ1) is 15.6. The fourth-order valence-electron chi connectivity index (χ4n) is 4.51. The van der Waals surface area contributed by atoms with Gasteiger partial charge in [0, 0.05) is 33.1 Å². The molecular weight excluding hydrogens is 400 g/mol. The molecule has 3 aromatic rings. The van der Waals surface area contributed by atoms with Crippen molar-refractivity contribution in [1.82, 2.24) is 19.7 Å². The van der Waals surface area contributed by atoms with E-state index in [1.54, 1.807) is 7.11 Å². The number of methoxy groups -OCH3 is 1. The fourth-order valence-corrected chi connectivity index (χ4v) is 4.51. The first kappa shape index (κ1) is 22.4. The predicted octanol–water partition coefficient (Wildman–Crippen LogP) is 4.95. The van der Waals surface area contributed by atoms with Crippen LogP contribution in [0.4, 0.5) is 11.8 Å². The van der Waals surface area contributed by atoms with E-state index in [1.807, 2.05) is 23.9 Å². The molecule has 3 heterocycles. The first-order valence-corrected chi connectivity index (χ1v) is 12.0. The van der Waals surface area contributed by atoms with Crippen LogP contribution in [-0.2, 0) is 20.0 Å². The SMILES string of the molecule is CCCCCC(CC)CNc1nc2c3c(nn(C)c3n1)CCN2Cc1ccc(OC)cc1. The number of nitrogens with one attached hydrogen (secondary N) is 1. The van der Waals surface area contributed by atoms with Gasteiger partial charge in [-0.15, -0.1) is 0 Å². The highest BCUT2D eigenvalue weighted by atomic mass is 16.5. The number of hydrogen-bond acceptors (Lipinski definition) is 6. The second-order valence-corrected chi connectivity index (χ2v) is 8.81. The molecule has 7 nitrogen and oxygen atoms in total. The highest BCUT2D eigenvalue weighted by Gasteiger charge is 2.26. The Labute approximate surface area is 191 Å². The van der Waals surface area contributed by atoms with Crippen LogP contribution in [-0.4, -0.2) is 39.9 Å². The summed E-state index contributed by atoms with van der Waals surface area (Å²) >= 11 is 0. The molecule has 0 saturated carbocycles. The quantitative estimate of drug-likeness (QED) is 0.429. The van der Waals surface area contributed by atoms with Crippen LogP contribution in [0.2, 0.25) is 0 Å². The molecule has 0 fully saturated rings. The zero-order valence-electron chi connectivity index (χ0n) is 19.9. The van der Waals surface area contributed by atoms with Gasteiger partial charge in [0.1, 0.15) is 11.6 Å². The number of aromatic nitrogens is 4. The summed E-state index contributed by atoms with van der Waals surface area (Å²) in [5.74, 6) is 3.22. The molecule has 0 aliphatic carbocycles. The minimum Gasteiger partial charge on any atom is -0.497 e. The first-order valence-electron chi connectivity index (χ1n) is 12.0. The average molecular weight is 437 g/mol. The number of rotatable bonds is 11. The Balaban J connectivity index is 1.57. The molecule has 1 aromatic carbocycles. The van der Waals surface area contributed by atoms with Gasteiger partial charge < -0.3 is 15.0 Å². The minimum absolute atomic E-state index is 0.648. The summed E-state index contributed by atoms with van der Waals surface area (Å²) in [6, 6.07) is 8.27. The smallest absolute Gasteiger partial charge is 0.226 e. The van der Waals surface area contributed by atoms with E-state index in [0.717, 1.165) is 54.3 Å². The van der Waals surface area contributed by atoms with Crippen LogP contribution in [0.3, 0.4) is 0 Å². The number of hydrogen-bond donors (Lipinski definition) is 1. The van der Waals surface area contributed by atoms with Crippen molar-refractivity contribution in [3.05, 3.63) is 35.5 Å². The number of anilines is 2. The molecule has 2 aromatic heterocycles. The second kappa shape index (κ2) is 10.2. The average Bonchev–Trinajstić information content (AvgIpc) is 3.14. The maximum atomic E-state index is 5.30. The van der Waals surface area contributed by atoms with Crippen LogP contribution in [0.5, 0.6) is 5.75 Å². The van der Waals surface area contributed by atoms with Crippen molar-refractivity contribution in [2.45, 2.75) is 58.9 Å². The number of unbranched alkanes of at least 4 members (excludes halogenated alkanes) is 2. The standard InChI is InChI=1S/C25H36N6O/c1-5-7-8-9-18(6-2)16-26-25-27-23-22-21(29-30(23)3)14-15-31(24(22)28-25)17-19-10-12-20(32-4)13-11-19/h10-13,18H,5-9,14-17H2,1-4H3,(H,26,27,28). The van der Waals surface area contributed by atoms with E-state index in [1.165, 1.54) is 37.7 Å². The number of nitrogens with zero attached hydrogens (tertiary/aromatic N) is 5. The van der Waals surface area contributed by atoms with Crippen molar-refractivity contribution in [2.24, 2.45) is 13.0 Å². The third kappa shape index (κ3) is 4.81. The van der Waals surface area contributed by atoms with E-state index >= 15 is 0 Å². The molecule has 32 heavy (non-hydrogen) atoms. The van der Waals surface area contributed by atoms with E-state index < -0.39 is 0 Å². The van der Waals surface area contributed by atoms with Gasteiger partial charge in [-0.3, -0.25) is 0 Å². The van der Waals surface area contributed by atoms with Gasteiger partial charge >= 0.3 is 0 Å². The molecule has 0 spiro atoms. The Morgan fingerprint density at radius 2 is 1.94 bits per heavy atom. The fraction of sp³-hybridized carbons (Fsp3) is 0.560. The third-order valence-electron chi connectivity index (χ3n) is 6.53. The van der Waals surface area contributed by atoms with E-state index in [2.05, 4.69) is 36.2 Å². The molecule has 1 aliphatic heterocycles. The zero-order chi connectivity index (χ0) is 22.5. The molecule has 172 valence electrons. The predicted molar refractivity (Wildman–Crippen MR) is 130 cm³/mol. The van der Waals surface area contributed by atoms with E-state index in [-0.39, 0.29) is 0 Å². The highest BCUT2D eigenvalue weighted by Crippen LogP contribution is 2.33. The lowest BCUT2D eigenvalue weighted by Gasteiger charge is -2.28. The van der Waals surface area contributed by atoms with Crippen molar-refractivity contribution in [3.8, 4) is 5.75 Å². The van der Waals surface area contributed by atoms with Crippen LogP contribution in [0.25, 0.3) is 11.0 Å². The Bertz CT molecular complexity index is 1030. The van der Waals surface area contributed by atoms with Crippen LogP contribution in [0.1, 0.15) is 57.2 Å². The maximum Gasteiger partial charge on any atom is 0.226 e. The van der Waals surface area contributed by atoms with Crippen molar-refractivity contribution >= 4 is 22.8 Å². The van der Waals surface area contributed by atoms with Gasteiger partial charge in [0.25, 0.3) is 0 Å². The summed E-state index contributed by atoms with van der Waals surface area (Å²) in [5.41, 5.74) is 3.24. The van der Waals surface area contributed by atoms with Crippen LogP contribution in [0.15, 0.2) is 24.3 Å². The largest absolute Gasteiger partial charge is 0.497 e. The maximum absolute atomic E-state index is 5.30. The minimum atomic E-state index is 0.648. The lowest BCUT2D eigenvalue weighted by molar-refractivity contribution is 0.414. The lowest BCUT2D eigenvalue weighted by atomic mass is 9.99. The van der Waals surface area contributed by atoms with Crippen LogP contribution < -0.4 is 15.0 Å². The summed E-state index contributed by atoms with van der Waals surface area (Å²) in [4.78, 5) is 12.2. The Kier molecular flexibility index (Phi) is 7.12.